The highest BCUT2D eigenvalue weighted by molar-refractivity contribution is 5.86. The monoisotopic (exact) mass is 511 g/mol. The normalized spacial score (nSPS) is 11.1. The van der Waals surface area contributed by atoms with Crippen LogP contribution in [0.4, 0.5) is 0 Å². The molecule has 1 heterocycles. The number of hydrogen-bond acceptors (Lipinski definition) is 3. The molecule has 0 spiro atoms. The molecule has 0 bridgehead atoms. The number of hydrogen-bond donors (Lipinski definition) is 1. The third-order valence-corrected chi connectivity index (χ3v) is 6.50. The summed E-state index contributed by atoms with van der Waals surface area (Å²) in [5.41, 5.74) is 4.34. The highest BCUT2D eigenvalue weighted by atomic mass is 16.5. The molecule has 0 unspecified atom stereocenters. The van der Waals surface area contributed by atoms with E-state index in [0.717, 1.165) is 23.1 Å². The molecular formula is C32H37N3O3. The number of benzene rings is 3. The summed E-state index contributed by atoms with van der Waals surface area (Å²) in [5, 5.41) is 1.17. The molecule has 0 fully saturated rings. The second kappa shape index (κ2) is 13.6. The minimum absolute atomic E-state index is 0.0342. The van der Waals surface area contributed by atoms with Gasteiger partial charge in [-0.1, -0.05) is 92.7 Å². The van der Waals surface area contributed by atoms with E-state index in [-0.39, 0.29) is 30.9 Å². The van der Waals surface area contributed by atoms with Gasteiger partial charge in [-0.3, -0.25) is 9.59 Å². The minimum atomic E-state index is -0.167. The van der Waals surface area contributed by atoms with Crippen LogP contribution in [0.1, 0.15) is 30.5 Å². The molecule has 0 saturated carbocycles. The molecule has 0 aliphatic carbocycles. The van der Waals surface area contributed by atoms with Crippen molar-refractivity contribution >= 4 is 22.7 Å². The largest absolute Gasteiger partial charge is 0.367 e. The molecule has 0 atom stereocenters. The first-order valence-electron chi connectivity index (χ1n) is 13.3. The number of nitrogens with one attached hydrogen (secondary N) is 1. The number of amides is 2. The summed E-state index contributed by atoms with van der Waals surface area (Å²) in [7, 11) is 0. The molecule has 6 heteroatoms. The van der Waals surface area contributed by atoms with Crippen molar-refractivity contribution in [3.8, 4) is 0 Å². The van der Waals surface area contributed by atoms with Gasteiger partial charge in [-0.15, -0.1) is 0 Å². The van der Waals surface area contributed by atoms with Gasteiger partial charge in [-0.25, -0.2) is 0 Å². The van der Waals surface area contributed by atoms with Gasteiger partial charge < -0.3 is 19.5 Å². The Morgan fingerprint density at radius 3 is 2.18 bits per heavy atom. The summed E-state index contributed by atoms with van der Waals surface area (Å²) < 4.78 is 5.70. The van der Waals surface area contributed by atoms with Crippen molar-refractivity contribution in [2.75, 3.05) is 26.2 Å². The fourth-order valence-corrected chi connectivity index (χ4v) is 4.57. The van der Waals surface area contributed by atoms with E-state index >= 15 is 0 Å². The standard InChI is InChI=1S/C32H37N3O3/c1-25(2)20-35(32(37)24-38-23-27-13-7-4-8-14-27)22-31(36)34(21-26-11-5-3-6-12-26)18-17-28-19-33-30-16-10-9-15-29(28)30/h3-16,19,25,33H,17-18,20-24H2,1-2H3. The molecule has 0 radical (unpaired) electrons. The van der Waals surface area contributed by atoms with Gasteiger partial charge >= 0.3 is 0 Å². The quantitative estimate of drug-likeness (QED) is 0.260. The average molecular weight is 512 g/mol. The number of para-hydroxylation sites is 1. The van der Waals surface area contributed by atoms with Crippen LogP contribution in [0, 0.1) is 5.92 Å². The van der Waals surface area contributed by atoms with Crippen LogP contribution >= 0.6 is 0 Å². The lowest BCUT2D eigenvalue weighted by atomic mass is 10.1. The number of H-pyrrole nitrogens is 1. The topological polar surface area (TPSA) is 65.6 Å². The first kappa shape index (κ1) is 27.1. The van der Waals surface area contributed by atoms with Crippen LogP contribution in [0.15, 0.2) is 91.1 Å². The molecule has 0 aliphatic rings. The van der Waals surface area contributed by atoms with Gasteiger partial charge in [-0.2, -0.15) is 0 Å². The second-order valence-electron chi connectivity index (χ2n) is 10.1. The van der Waals surface area contributed by atoms with Crippen LogP contribution < -0.4 is 0 Å². The Kier molecular flexibility index (Phi) is 9.71. The summed E-state index contributed by atoms with van der Waals surface area (Å²) in [4.78, 5) is 33.6. The van der Waals surface area contributed by atoms with E-state index in [1.807, 2.05) is 97.7 Å². The van der Waals surface area contributed by atoms with Crippen molar-refractivity contribution in [2.24, 2.45) is 5.92 Å². The van der Waals surface area contributed by atoms with E-state index in [4.69, 9.17) is 4.74 Å². The number of aromatic nitrogens is 1. The lowest BCUT2D eigenvalue weighted by Crippen LogP contribution is -2.45. The minimum Gasteiger partial charge on any atom is -0.367 e. The van der Waals surface area contributed by atoms with Crippen LogP contribution in [0.2, 0.25) is 0 Å². The summed E-state index contributed by atoms with van der Waals surface area (Å²) in [6.45, 7) is 6.00. The zero-order valence-electron chi connectivity index (χ0n) is 22.3. The van der Waals surface area contributed by atoms with Gasteiger partial charge in [0.2, 0.25) is 11.8 Å². The van der Waals surface area contributed by atoms with Crippen molar-refractivity contribution < 1.29 is 14.3 Å². The second-order valence-corrected chi connectivity index (χ2v) is 10.1. The van der Waals surface area contributed by atoms with E-state index in [1.165, 1.54) is 10.9 Å². The predicted octanol–water partition coefficient (Wildman–Crippen LogP) is 5.44. The number of ether oxygens (including phenoxy) is 1. The van der Waals surface area contributed by atoms with Gasteiger partial charge in [-0.05, 0) is 35.1 Å². The Balaban J connectivity index is 1.43. The van der Waals surface area contributed by atoms with Crippen molar-refractivity contribution in [3.63, 3.8) is 0 Å². The third kappa shape index (κ3) is 7.80. The van der Waals surface area contributed by atoms with Crippen LogP contribution in [0.25, 0.3) is 10.9 Å². The van der Waals surface area contributed by atoms with Crippen molar-refractivity contribution in [3.05, 3.63) is 108 Å². The smallest absolute Gasteiger partial charge is 0.249 e. The Labute approximate surface area is 225 Å². The van der Waals surface area contributed by atoms with Gasteiger partial charge in [0.1, 0.15) is 6.61 Å². The van der Waals surface area contributed by atoms with Crippen LogP contribution in [-0.2, 0) is 33.9 Å². The maximum absolute atomic E-state index is 13.6. The van der Waals surface area contributed by atoms with Gasteiger partial charge in [0.05, 0.1) is 13.2 Å². The van der Waals surface area contributed by atoms with Crippen molar-refractivity contribution in [1.29, 1.82) is 0 Å². The lowest BCUT2D eigenvalue weighted by molar-refractivity contribution is -0.144. The third-order valence-electron chi connectivity index (χ3n) is 6.50. The summed E-state index contributed by atoms with van der Waals surface area (Å²) >= 11 is 0. The Bertz CT molecular complexity index is 1300. The zero-order chi connectivity index (χ0) is 26.7. The number of carbonyl (C=O) groups is 2. The zero-order valence-corrected chi connectivity index (χ0v) is 22.3. The van der Waals surface area contributed by atoms with E-state index in [0.29, 0.717) is 26.2 Å². The number of rotatable bonds is 13. The molecule has 6 nitrogen and oxygen atoms in total. The predicted molar refractivity (Wildman–Crippen MR) is 151 cm³/mol. The molecular weight excluding hydrogens is 474 g/mol. The fourth-order valence-electron chi connectivity index (χ4n) is 4.57. The number of aromatic amines is 1. The lowest BCUT2D eigenvalue weighted by Gasteiger charge is -2.29. The van der Waals surface area contributed by atoms with Crippen LogP contribution in [0.3, 0.4) is 0 Å². The van der Waals surface area contributed by atoms with E-state index in [2.05, 4.69) is 17.1 Å². The van der Waals surface area contributed by atoms with E-state index in [9.17, 15) is 9.59 Å². The van der Waals surface area contributed by atoms with Crippen molar-refractivity contribution in [1.82, 2.24) is 14.8 Å². The number of fused-ring (bicyclic) bond motifs is 1. The van der Waals surface area contributed by atoms with Crippen molar-refractivity contribution in [2.45, 2.75) is 33.4 Å². The molecule has 0 saturated heterocycles. The summed E-state index contributed by atoms with van der Waals surface area (Å²) in [6.07, 6.45) is 2.75. The fraction of sp³-hybridized carbons (Fsp3) is 0.312. The van der Waals surface area contributed by atoms with Gasteiger partial charge in [0.25, 0.3) is 0 Å². The first-order chi connectivity index (χ1) is 18.5. The van der Waals surface area contributed by atoms with Gasteiger partial charge in [0, 0.05) is 36.7 Å². The number of nitrogens with zero attached hydrogens (tertiary/aromatic N) is 2. The molecule has 0 aliphatic heterocycles. The van der Waals surface area contributed by atoms with E-state index in [1.54, 1.807) is 4.90 Å². The Morgan fingerprint density at radius 2 is 1.47 bits per heavy atom. The molecule has 1 N–H and O–H groups in total. The van der Waals surface area contributed by atoms with E-state index < -0.39 is 0 Å². The first-order valence-corrected chi connectivity index (χ1v) is 13.3. The summed E-state index contributed by atoms with van der Waals surface area (Å²) in [6, 6.07) is 28.0. The highest BCUT2D eigenvalue weighted by Gasteiger charge is 2.23. The molecule has 1 aromatic heterocycles. The summed E-state index contributed by atoms with van der Waals surface area (Å²) in [5.74, 6) is -0.000286. The van der Waals surface area contributed by atoms with Crippen LogP contribution in [-0.4, -0.2) is 52.8 Å². The van der Waals surface area contributed by atoms with Gasteiger partial charge in [0.15, 0.2) is 0 Å². The Morgan fingerprint density at radius 1 is 0.816 bits per heavy atom. The molecule has 3 aromatic carbocycles. The molecule has 4 rings (SSSR count). The number of carbonyl (C=O) groups excluding carboxylic acids is 2. The molecule has 38 heavy (non-hydrogen) atoms. The molecule has 4 aromatic rings. The molecule has 2 amide bonds. The van der Waals surface area contributed by atoms with Crippen LogP contribution in [0.5, 0.6) is 0 Å². The maximum Gasteiger partial charge on any atom is 0.249 e. The SMILES string of the molecule is CC(C)CN(CC(=O)N(CCc1c[nH]c2ccccc12)Cc1ccccc1)C(=O)COCc1ccccc1. The maximum atomic E-state index is 13.6. The average Bonchev–Trinajstić information content (AvgIpc) is 3.34. The highest BCUT2D eigenvalue weighted by Crippen LogP contribution is 2.19. The Hall–Kier alpha value is -3.90. The molecule has 198 valence electrons.